The Kier molecular flexibility index (Phi) is 103. The number of ether oxygens (including phenoxy) is 8. The van der Waals surface area contributed by atoms with Crippen LogP contribution >= 0.6 is 0 Å². The minimum absolute atomic E-state index is 0.0236. The lowest BCUT2D eigenvalue weighted by atomic mass is 9.86. The zero-order valence-electron chi connectivity index (χ0n) is 91.0. The molecule has 3 unspecified atom stereocenters. The van der Waals surface area contributed by atoms with Gasteiger partial charge in [0, 0.05) is 50.7 Å². The molecule has 0 spiro atoms. The molecule has 0 aromatic rings. The quantitative estimate of drug-likeness (QED) is 0.0181. The van der Waals surface area contributed by atoms with Crippen LogP contribution in [-0.2, 0) is 85.8 Å². The second-order valence-electron chi connectivity index (χ2n) is 39.9. The van der Waals surface area contributed by atoms with Gasteiger partial charge in [-0.05, 0) is 192 Å². The molecule has 2 rings (SSSR count). The summed E-state index contributed by atoms with van der Waals surface area (Å²) in [6.07, 6.45) is 120. The maximum atomic E-state index is 12.9. The largest absolute Gasteiger partial charge is 0.462 e. The van der Waals surface area contributed by atoms with Gasteiger partial charge in [0.2, 0.25) is 0 Å². The minimum Gasteiger partial charge on any atom is -0.462 e. The van der Waals surface area contributed by atoms with E-state index in [9.17, 15) is 47.9 Å². The Hall–Kier alpha value is -6.72. The number of carbonyl (C=O) groups excluding carboxylic acids is 10. The van der Waals surface area contributed by atoms with E-state index in [4.69, 9.17) is 33.2 Å². The highest BCUT2D eigenvalue weighted by Gasteiger charge is 2.38. The Morgan fingerprint density at radius 3 is 0.643 bits per heavy atom. The first-order chi connectivity index (χ1) is 68.6. The molecular weight excluding hydrogens is 1750 g/mol. The first-order valence-electron chi connectivity index (χ1n) is 58.7. The third-order valence-corrected chi connectivity index (χ3v) is 26.3. The molecule has 1 fully saturated rings. The van der Waals surface area contributed by atoms with Crippen LogP contribution < -0.4 is 0 Å². The van der Waals surface area contributed by atoms with Crippen molar-refractivity contribution in [2.24, 2.45) is 11.8 Å². The van der Waals surface area contributed by atoms with E-state index in [-0.39, 0.29) is 99.3 Å². The molecule has 2 heterocycles. The smallest absolute Gasteiger partial charge is 0.338 e. The Morgan fingerprint density at radius 2 is 0.443 bits per heavy atom. The van der Waals surface area contributed by atoms with Crippen LogP contribution in [-0.4, -0.2) is 98.3 Å². The van der Waals surface area contributed by atoms with Crippen LogP contribution in [0.25, 0.3) is 0 Å². The van der Waals surface area contributed by atoms with Crippen molar-refractivity contribution < 1.29 is 85.8 Å². The van der Waals surface area contributed by atoms with Gasteiger partial charge in [-0.2, -0.15) is 0 Å². The Bertz CT molecular complexity index is 3050. The van der Waals surface area contributed by atoms with E-state index in [2.05, 4.69) is 119 Å². The molecule has 0 aliphatic carbocycles. The summed E-state index contributed by atoms with van der Waals surface area (Å²) in [4.78, 5) is 120. The van der Waals surface area contributed by atoms with Gasteiger partial charge in [-0.25, -0.2) is 9.59 Å². The predicted molar refractivity (Wildman–Crippen MR) is 579 cm³/mol. The van der Waals surface area contributed by atoms with E-state index in [1.165, 1.54) is 295 Å². The molecule has 18 heteroatoms. The van der Waals surface area contributed by atoms with Crippen LogP contribution in [0.3, 0.4) is 0 Å². The molecule has 0 bridgehead atoms. The first kappa shape index (κ1) is 133. The standard InChI is InChI=1S/C61H106O9.C57H104O6.C4H2O3/c1-4-7-10-13-16-18-20-22-24-26-28-30-32-38-43-48-57(62)67-52-55(69-59(64)50-45-40-33-31-29-27-25-23-21-19-17-14-11-8-5-2)53-68-58(63)49-44-39-35-34-37-42-47-54(46-41-36-15-12-9-6-3)56-51-60(65)70-61(56)66;1-4-7-10-13-16-19-22-25-28-31-34-37-40-43-46-49-55(58)61-52-54(63-57(60)51-48-45-42-39-36-33-30-27-24-21-18-15-12-9-6-3)53-62-56(59)50-47-44-41-38-35-32-29-26-23-20-17-14-11-8-5-2;5-3-1-2-4(6)7-3/h22-25,42,47,54-56H,4-21,26-41,43-46,48-53H2,1-3H3;25-30,54H,4-24,31-53H2,1-3H3;1-2H/b24-22-,25-23-,47-42+;28-25-,29-26-,30-27-;. The number of rotatable bonds is 101. The number of hydrogen-bond donors (Lipinski definition) is 0. The normalized spacial score (nSPS) is 13.6. The van der Waals surface area contributed by atoms with Gasteiger partial charge in [0.05, 0.1) is 12.3 Å². The average molecular weight is 1970 g/mol. The van der Waals surface area contributed by atoms with Gasteiger partial charge in [0.15, 0.2) is 12.2 Å². The van der Waals surface area contributed by atoms with Gasteiger partial charge in [-0.3, -0.25) is 38.4 Å². The van der Waals surface area contributed by atoms with Crippen LogP contribution in [0.5, 0.6) is 0 Å². The van der Waals surface area contributed by atoms with Crippen LogP contribution in [0.4, 0.5) is 0 Å². The summed E-state index contributed by atoms with van der Waals surface area (Å²) in [5.74, 6) is -4.24. The maximum Gasteiger partial charge on any atom is 0.338 e. The molecule has 1 saturated heterocycles. The zero-order valence-corrected chi connectivity index (χ0v) is 91.0. The molecular formula is C122H212O18. The summed E-state index contributed by atoms with van der Waals surface area (Å²) >= 11 is 0. The zero-order chi connectivity index (χ0) is 102. The monoisotopic (exact) mass is 1970 g/mol. The molecule has 808 valence electrons. The molecule has 3 atom stereocenters. The van der Waals surface area contributed by atoms with Crippen LogP contribution in [0.1, 0.15) is 581 Å². The van der Waals surface area contributed by atoms with Crippen LogP contribution in [0.15, 0.2) is 85.1 Å². The maximum absolute atomic E-state index is 12.9. The lowest BCUT2D eigenvalue weighted by Crippen LogP contribution is -2.30. The third kappa shape index (κ3) is 98.7. The number of esters is 10. The average Bonchev–Trinajstić information content (AvgIpc) is 1.71. The Balaban J connectivity index is 0.00000258. The van der Waals surface area contributed by atoms with Gasteiger partial charge in [0.25, 0.3) is 0 Å². The fourth-order valence-corrected chi connectivity index (χ4v) is 17.3. The second-order valence-corrected chi connectivity index (χ2v) is 39.9. The highest BCUT2D eigenvalue weighted by molar-refractivity contribution is 6.05. The van der Waals surface area contributed by atoms with Gasteiger partial charge < -0.3 is 37.9 Å². The summed E-state index contributed by atoms with van der Waals surface area (Å²) in [5, 5.41) is 0. The molecule has 0 aromatic heterocycles. The molecule has 18 nitrogen and oxygen atoms in total. The van der Waals surface area contributed by atoms with E-state index in [1.807, 2.05) is 0 Å². The Labute approximate surface area is 857 Å². The molecule has 140 heavy (non-hydrogen) atoms. The number of allylic oxidation sites excluding steroid dienone is 12. The van der Waals surface area contributed by atoms with Crippen molar-refractivity contribution in [2.75, 3.05) is 26.4 Å². The van der Waals surface area contributed by atoms with Crippen molar-refractivity contribution in [1.29, 1.82) is 0 Å². The molecule has 2 aliphatic heterocycles. The van der Waals surface area contributed by atoms with Crippen molar-refractivity contribution in [3.63, 3.8) is 0 Å². The van der Waals surface area contributed by atoms with Crippen molar-refractivity contribution in [3.05, 3.63) is 85.1 Å². The van der Waals surface area contributed by atoms with Gasteiger partial charge in [-0.15, -0.1) is 0 Å². The fraction of sp³-hybridized carbons (Fsp3) is 0.803. The predicted octanol–water partition coefficient (Wildman–Crippen LogP) is 35.1. The summed E-state index contributed by atoms with van der Waals surface area (Å²) in [6.45, 7) is 13.1. The first-order valence-corrected chi connectivity index (χ1v) is 58.7. The molecule has 0 saturated carbocycles. The SMILES string of the molecule is CCCCCCCC/C=C\CCCCCCCC(=O)OCC(COC(=O)CCCCCC/C=C/C(CCCCCCCC)C1CC(=O)OC1=O)OC(=O)CCCCCCC/C=C\CCCCCCCC.CCCCCCCC/C=C\CCCCCCCC(=O)OCC(COC(=O)CCCCCCC/C=C\CCCCCCCC)OC(=O)CCCCCCC/C=C\CCCCCCCC.O=C1C=CC(=O)O1. The minimum atomic E-state index is -0.835. The highest BCUT2D eigenvalue weighted by atomic mass is 16.6. The van der Waals surface area contributed by atoms with Crippen LogP contribution in [0, 0.1) is 11.8 Å². The lowest BCUT2D eigenvalue weighted by molar-refractivity contribution is -0.167. The van der Waals surface area contributed by atoms with Gasteiger partial charge in [-0.1, -0.05) is 423 Å². The molecule has 2 aliphatic rings. The van der Waals surface area contributed by atoms with Gasteiger partial charge in [0.1, 0.15) is 26.4 Å². The summed E-state index contributed by atoms with van der Waals surface area (Å²) in [7, 11) is 0. The van der Waals surface area contributed by atoms with E-state index in [1.54, 1.807) is 0 Å². The van der Waals surface area contributed by atoms with Crippen molar-refractivity contribution in [3.8, 4) is 0 Å². The lowest BCUT2D eigenvalue weighted by Gasteiger charge is -2.18. The van der Waals surface area contributed by atoms with E-state index >= 15 is 0 Å². The second kappa shape index (κ2) is 108. The Morgan fingerprint density at radius 1 is 0.250 bits per heavy atom. The molecule has 0 radical (unpaired) electrons. The molecule has 0 aromatic carbocycles. The van der Waals surface area contributed by atoms with Crippen molar-refractivity contribution in [2.45, 2.75) is 593 Å². The van der Waals surface area contributed by atoms with Crippen molar-refractivity contribution >= 4 is 59.7 Å². The topological polar surface area (TPSA) is 245 Å². The van der Waals surface area contributed by atoms with Crippen LogP contribution in [0.2, 0.25) is 0 Å². The molecule has 0 N–H and O–H groups in total. The third-order valence-electron chi connectivity index (χ3n) is 26.3. The number of carbonyl (C=O) groups is 10. The number of unbranched alkanes of at least 4 members (excludes halogenated alkanes) is 64. The molecule has 0 amide bonds. The summed E-state index contributed by atoms with van der Waals surface area (Å²) in [5.41, 5.74) is 0. The van der Waals surface area contributed by atoms with Crippen molar-refractivity contribution in [1.82, 2.24) is 0 Å². The van der Waals surface area contributed by atoms with E-state index < -0.39 is 30.1 Å². The fourth-order valence-electron chi connectivity index (χ4n) is 17.3. The van der Waals surface area contributed by atoms with Gasteiger partial charge >= 0.3 is 59.7 Å². The number of cyclic esters (lactones) is 4. The highest BCUT2D eigenvalue weighted by Crippen LogP contribution is 2.31. The summed E-state index contributed by atoms with van der Waals surface area (Å²) in [6, 6.07) is 0. The van der Waals surface area contributed by atoms with E-state index in [0.717, 1.165) is 205 Å². The summed E-state index contributed by atoms with van der Waals surface area (Å²) < 4.78 is 42.5. The van der Waals surface area contributed by atoms with E-state index in [0.29, 0.717) is 32.1 Å². The number of hydrogen-bond acceptors (Lipinski definition) is 18.